The van der Waals surface area contributed by atoms with Crippen molar-refractivity contribution < 1.29 is 19.4 Å². The molecule has 128 valence electrons. The number of hydrogen-bond acceptors (Lipinski definition) is 4. The maximum atomic E-state index is 12.0. The molecule has 6 nitrogen and oxygen atoms in total. The number of ether oxygens (including phenoxy) is 2. The number of aliphatic hydroxyl groups is 1. The van der Waals surface area contributed by atoms with Gasteiger partial charge in [0.1, 0.15) is 6.61 Å². The highest BCUT2D eigenvalue weighted by Gasteiger charge is 2.08. The molecule has 0 saturated carbocycles. The van der Waals surface area contributed by atoms with Crippen LogP contribution >= 0.6 is 15.9 Å². The van der Waals surface area contributed by atoms with Crippen molar-refractivity contribution in [3.8, 4) is 11.5 Å². The maximum absolute atomic E-state index is 12.0. The second-order valence-electron chi connectivity index (χ2n) is 4.84. The monoisotopic (exact) mass is 394 g/mol. The summed E-state index contributed by atoms with van der Waals surface area (Å²) in [5, 5.41) is 14.4. The summed E-state index contributed by atoms with van der Waals surface area (Å²) in [4.78, 5) is 12.0. The van der Waals surface area contributed by atoms with Gasteiger partial charge in [-0.25, -0.2) is 4.79 Å². The minimum atomic E-state index is -0.304. The number of rotatable bonds is 7. The molecule has 0 fully saturated rings. The third-order valence-corrected chi connectivity index (χ3v) is 3.84. The number of halogens is 1. The lowest BCUT2D eigenvalue weighted by molar-refractivity contribution is 0.196. The lowest BCUT2D eigenvalue weighted by atomic mass is 10.2. The van der Waals surface area contributed by atoms with Gasteiger partial charge in [0.15, 0.2) is 11.5 Å². The summed E-state index contributed by atoms with van der Waals surface area (Å²) in [6.07, 6.45) is 0. The summed E-state index contributed by atoms with van der Waals surface area (Å²) in [6, 6.07) is 12.4. The molecule has 0 aliphatic heterocycles. The molecule has 0 radical (unpaired) electrons. The average Bonchev–Trinajstić information content (AvgIpc) is 2.60. The van der Waals surface area contributed by atoms with Gasteiger partial charge < -0.3 is 25.2 Å². The summed E-state index contributed by atoms with van der Waals surface area (Å²) < 4.78 is 11.4. The molecule has 0 aliphatic rings. The fourth-order valence-corrected chi connectivity index (χ4v) is 2.39. The van der Waals surface area contributed by atoms with Crippen LogP contribution in [0, 0.1) is 0 Å². The van der Waals surface area contributed by atoms with E-state index in [1.54, 1.807) is 18.2 Å². The van der Waals surface area contributed by atoms with Crippen LogP contribution in [0.5, 0.6) is 11.5 Å². The Hall–Kier alpha value is -2.25. The Kier molecular flexibility index (Phi) is 6.89. The minimum absolute atomic E-state index is 0.0678. The largest absolute Gasteiger partial charge is 0.493 e. The molecule has 0 aromatic heterocycles. The van der Waals surface area contributed by atoms with Gasteiger partial charge in [0.25, 0.3) is 0 Å². The van der Waals surface area contributed by atoms with Crippen LogP contribution in [-0.4, -0.2) is 31.5 Å². The van der Waals surface area contributed by atoms with Gasteiger partial charge in [-0.15, -0.1) is 0 Å². The van der Waals surface area contributed by atoms with E-state index in [2.05, 4.69) is 26.6 Å². The Bertz CT molecular complexity index is 694. The number of aliphatic hydroxyl groups excluding tert-OH is 1. The van der Waals surface area contributed by atoms with E-state index in [0.29, 0.717) is 23.7 Å². The van der Waals surface area contributed by atoms with Crippen molar-refractivity contribution in [2.75, 3.05) is 25.6 Å². The van der Waals surface area contributed by atoms with Gasteiger partial charge in [0.2, 0.25) is 0 Å². The standard InChI is InChI=1S/C17H19BrN2O4/c1-23-16-10-12(6-7-15(16)24-9-8-21)11-19-17(22)20-14-5-3-2-4-13(14)18/h2-7,10,21H,8-9,11H2,1H3,(H2,19,20,22). The van der Waals surface area contributed by atoms with Crippen molar-refractivity contribution in [3.63, 3.8) is 0 Å². The van der Waals surface area contributed by atoms with E-state index in [-0.39, 0.29) is 19.2 Å². The molecular weight excluding hydrogens is 376 g/mol. The van der Waals surface area contributed by atoms with Crippen LogP contribution in [0.2, 0.25) is 0 Å². The number of carbonyl (C=O) groups is 1. The smallest absolute Gasteiger partial charge is 0.319 e. The van der Waals surface area contributed by atoms with Crippen LogP contribution in [0.1, 0.15) is 5.56 Å². The molecule has 0 unspecified atom stereocenters. The van der Waals surface area contributed by atoms with Crippen molar-refractivity contribution in [1.29, 1.82) is 0 Å². The quantitative estimate of drug-likeness (QED) is 0.673. The average molecular weight is 395 g/mol. The number of amides is 2. The number of carbonyl (C=O) groups excluding carboxylic acids is 1. The van der Waals surface area contributed by atoms with Crippen LogP contribution in [0.3, 0.4) is 0 Å². The molecular formula is C17H19BrN2O4. The summed E-state index contributed by atoms with van der Waals surface area (Å²) in [5.41, 5.74) is 1.56. The topological polar surface area (TPSA) is 79.8 Å². The van der Waals surface area contributed by atoms with Crippen LogP contribution in [0.4, 0.5) is 10.5 Å². The van der Waals surface area contributed by atoms with Gasteiger partial charge in [0, 0.05) is 11.0 Å². The Morgan fingerprint density at radius 2 is 2.00 bits per heavy atom. The lowest BCUT2D eigenvalue weighted by Crippen LogP contribution is -2.28. The Balaban J connectivity index is 1.93. The van der Waals surface area contributed by atoms with Crippen LogP contribution in [0.15, 0.2) is 46.9 Å². The molecule has 0 spiro atoms. The first-order chi connectivity index (χ1) is 11.6. The van der Waals surface area contributed by atoms with Crippen molar-refractivity contribution in [2.45, 2.75) is 6.54 Å². The summed E-state index contributed by atoms with van der Waals surface area (Å²) >= 11 is 3.38. The van der Waals surface area contributed by atoms with E-state index >= 15 is 0 Å². The normalized spacial score (nSPS) is 10.1. The predicted octanol–water partition coefficient (Wildman–Crippen LogP) is 3.15. The van der Waals surface area contributed by atoms with E-state index in [0.717, 1.165) is 10.0 Å². The Morgan fingerprint density at radius 1 is 1.21 bits per heavy atom. The Labute approximate surface area is 148 Å². The third kappa shape index (κ3) is 5.14. The van der Waals surface area contributed by atoms with Gasteiger partial charge >= 0.3 is 6.03 Å². The molecule has 2 amide bonds. The second kappa shape index (κ2) is 9.14. The van der Waals surface area contributed by atoms with Gasteiger partial charge in [-0.1, -0.05) is 18.2 Å². The van der Waals surface area contributed by atoms with E-state index in [1.165, 1.54) is 7.11 Å². The zero-order chi connectivity index (χ0) is 17.4. The fourth-order valence-electron chi connectivity index (χ4n) is 2.01. The SMILES string of the molecule is COc1cc(CNC(=O)Nc2ccccc2Br)ccc1OCCO. The van der Waals surface area contributed by atoms with Crippen LogP contribution in [-0.2, 0) is 6.54 Å². The molecule has 0 bridgehead atoms. The van der Waals surface area contributed by atoms with Gasteiger partial charge in [-0.3, -0.25) is 0 Å². The summed E-state index contributed by atoms with van der Waals surface area (Å²) in [6.45, 7) is 0.469. The van der Waals surface area contributed by atoms with Crippen molar-refractivity contribution in [1.82, 2.24) is 5.32 Å². The third-order valence-electron chi connectivity index (χ3n) is 3.15. The number of benzene rings is 2. The predicted molar refractivity (Wildman–Crippen MR) is 95.6 cm³/mol. The molecule has 2 aromatic rings. The van der Waals surface area contributed by atoms with Crippen LogP contribution < -0.4 is 20.1 Å². The first kappa shape index (κ1) is 18.1. The molecule has 7 heteroatoms. The minimum Gasteiger partial charge on any atom is -0.493 e. The second-order valence-corrected chi connectivity index (χ2v) is 5.70. The number of urea groups is 1. The van der Waals surface area contributed by atoms with Crippen molar-refractivity contribution in [3.05, 3.63) is 52.5 Å². The van der Waals surface area contributed by atoms with E-state index in [9.17, 15) is 4.79 Å². The lowest BCUT2D eigenvalue weighted by Gasteiger charge is -2.12. The fraction of sp³-hybridized carbons (Fsp3) is 0.235. The number of methoxy groups -OCH3 is 1. The highest BCUT2D eigenvalue weighted by atomic mass is 79.9. The highest BCUT2D eigenvalue weighted by Crippen LogP contribution is 2.28. The van der Waals surface area contributed by atoms with Crippen molar-refractivity contribution in [2.24, 2.45) is 0 Å². The summed E-state index contributed by atoms with van der Waals surface area (Å²) in [7, 11) is 1.54. The number of para-hydroxylation sites is 1. The molecule has 2 rings (SSSR count). The maximum Gasteiger partial charge on any atom is 0.319 e. The first-order valence-electron chi connectivity index (χ1n) is 7.34. The molecule has 2 aromatic carbocycles. The summed E-state index contributed by atoms with van der Waals surface area (Å²) in [5.74, 6) is 1.10. The molecule has 0 saturated heterocycles. The van der Waals surface area contributed by atoms with Gasteiger partial charge in [0.05, 0.1) is 19.4 Å². The number of hydrogen-bond donors (Lipinski definition) is 3. The molecule has 0 atom stereocenters. The number of nitrogens with one attached hydrogen (secondary N) is 2. The van der Waals surface area contributed by atoms with Crippen LogP contribution in [0.25, 0.3) is 0 Å². The number of anilines is 1. The first-order valence-corrected chi connectivity index (χ1v) is 8.13. The molecule has 0 aliphatic carbocycles. The van der Waals surface area contributed by atoms with Gasteiger partial charge in [-0.05, 0) is 45.8 Å². The van der Waals surface area contributed by atoms with Crippen molar-refractivity contribution >= 4 is 27.6 Å². The Morgan fingerprint density at radius 3 is 2.71 bits per heavy atom. The van der Waals surface area contributed by atoms with E-state index in [4.69, 9.17) is 14.6 Å². The zero-order valence-electron chi connectivity index (χ0n) is 13.2. The van der Waals surface area contributed by atoms with Gasteiger partial charge in [-0.2, -0.15) is 0 Å². The molecule has 24 heavy (non-hydrogen) atoms. The zero-order valence-corrected chi connectivity index (χ0v) is 14.8. The molecule has 3 N–H and O–H groups in total. The molecule has 0 heterocycles. The van der Waals surface area contributed by atoms with E-state index in [1.807, 2.05) is 24.3 Å². The highest BCUT2D eigenvalue weighted by molar-refractivity contribution is 9.10. The van der Waals surface area contributed by atoms with E-state index < -0.39 is 0 Å².